The van der Waals surface area contributed by atoms with Crippen LogP contribution in [0, 0.1) is 5.92 Å². The van der Waals surface area contributed by atoms with Crippen molar-refractivity contribution in [1.82, 2.24) is 9.55 Å². The Hall–Kier alpha value is -1.83. The second kappa shape index (κ2) is 5.67. The number of aliphatic hydroxyl groups excluding tert-OH is 1. The van der Waals surface area contributed by atoms with Gasteiger partial charge in [0.15, 0.2) is 0 Å². The standard InChI is InChI=1S/C15H14BrClN4O2/c1-6-10(22)3-2-9(16)12(6)21-13(18)11(14(19)23)8-4-7(17)5-20-15(8)21/h2-6,10,22H,18H2,1H3,(H2,19,23)/t6-,10-/m1/s1. The number of carbonyl (C=O) groups excluding carboxylic acids is 1. The average Bonchev–Trinajstić information content (AvgIpc) is 2.75. The summed E-state index contributed by atoms with van der Waals surface area (Å²) in [5.74, 6) is -0.749. The number of allylic oxidation sites excluding steroid dienone is 2. The predicted octanol–water partition coefficient (Wildman–Crippen LogP) is 2.50. The number of carbonyl (C=O) groups is 1. The molecule has 0 saturated carbocycles. The number of anilines is 1. The second-order valence-electron chi connectivity index (χ2n) is 5.36. The summed E-state index contributed by atoms with van der Waals surface area (Å²) >= 11 is 9.46. The quantitative estimate of drug-likeness (QED) is 0.723. The molecule has 0 aromatic carbocycles. The first-order chi connectivity index (χ1) is 10.8. The number of halogens is 2. The highest BCUT2D eigenvalue weighted by Gasteiger charge is 2.29. The van der Waals surface area contributed by atoms with E-state index in [2.05, 4.69) is 20.9 Å². The van der Waals surface area contributed by atoms with Gasteiger partial charge < -0.3 is 16.6 Å². The maximum atomic E-state index is 11.8. The summed E-state index contributed by atoms with van der Waals surface area (Å²) in [5, 5.41) is 11.0. The summed E-state index contributed by atoms with van der Waals surface area (Å²) in [6.45, 7) is 1.86. The average molecular weight is 398 g/mol. The number of hydrogen-bond acceptors (Lipinski definition) is 4. The van der Waals surface area contributed by atoms with Crippen LogP contribution in [0.25, 0.3) is 16.7 Å². The lowest BCUT2D eigenvalue weighted by molar-refractivity contribution is 0.100. The number of aromatic nitrogens is 2. The molecule has 0 saturated heterocycles. The monoisotopic (exact) mass is 396 g/mol. The summed E-state index contributed by atoms with van der Waals surface area (Å²) in [7, 11) is 0. The third-order valence-corrected chi connectivity index (χ3v) is 4.80. The van der Waals surface area contributed by atoms with Crippen LogP contribution in [0.1, 0.15) is 17.3 Å². The molecular formula is C15H14BrClN4O2. The number of hydrogen-bond donors (Lipinski definition) is 3. The van der Waals surface area contributed by atoms with Crippen molar-refractivity contribution < 1.29 is 9.90 Å². The number of fused-ring (bicyclic) bond motifs is 1. The van der Waals surface area contributed by atoms with Gasteiger partial charge in [-0.3, -0.25) is 9.36 Å². The van der Waals surface area contributed by atoms with Crippen LogP contribution in [0.3, 0.4) is 0 Å². The van der Waals surface area contributed by atoms with Gasteiger partial charge in [-0.05, 0) is 28.1 Å². The van der Waals surface area contributed by atoms with Crippen molar-refractivity contribution in [3.05, 3.63) is 39.5 Å². The topological polar surface area (TPSA) is 107 Å². The molecule has 2 aromatic heterocycles. The van der Waals surface area contributed by atoms with E-state index in [9.17, 15) is 9.90 Å². The zero-order valence-electron chi connectivity index (χ0n) is 12.1. The molecule has 1 amide bonds. The molecule has 0 fully saturated rings. The minimum absolute atomic E-state index is 0.166. The van der Waals surface area contributed by atoms with Crippen LogP contribution in [0.5, 0.6) is 0 Å². The molecule has 1 aliphatic carbocycles. The summed E-state index contributed by atoms with van der Waals surface area (Å²) in [6.07, 6.45) is 4.22. The number of nitrogen functional groups attached to an aromatic ring is 1. The Morgan fingerprint density at radius 1 is 1.52 bits per heavy atom. The van der Waals surface area contributed by atoms with E-state index in [0.29, 0.717) is 21.8 Å². The van der Waals surface area contributed by atoms with Crippen LogP contribution in [-0.4, -0.2) is 26.7 Å². The largest absolute Gasteiger partial charge is 0.388 e. The van der Waals surface area contributed by atoms with E-state index in [1.165, 1.54) is 6.20 Å². The van der Waals surface area contributed by atoms with Crippen LogP contribution in [0.2, 0.25) is 5.02 Å². The van der Waals surface area contributed by atoms with Gasteiger partial charge in [-0.15, -0.1) is 0 Å². The van der Waals surface area contributed by atoms with Crippen molar-refractivity contribution in [1.29, 1.82) is 0 Å². The van der Waals surface area contributed by atoms with Crippen LogP contribution < -0.4 is 11.5 Å². The fourth-order valence-corrected chi connectivity index (χ4v) is 3.63. The lowest BCUT2D eigenvalue weighted by Crippen LogP contribution is -2.24. The molecule has 6 nitrogen and oxygen atoms in total. The van der Waals surface area contributed by atoms with Gasteiger partial charge >= 0.3 is 0 Å². The van der Waals surface area contributed by atoms with Crippen LogP contribution in [-0.2, 0) is 0 Å². The SMILES string of the molecule is C[C@H]1C(n2c(N)c(C(N)=O)c3cc(Cl)cnc32)=C(Br)C=C[C@H]1O. The van der Waals surface area contributed by atoms with Gasteiger partial charge in [0.1, 0.15) is 11.5 Å². The second-order valence-corrected chi connectivity index (χ2v) is 6.65. The number of nitrogens with zero attached hydrogens (tertiary/aromatic N) is 2. The number of rotatable bonds is 2. The molecule has 0 bridgehead atoms. The first-order valence-electron chi connectivity index (χ1n) is 6.84. The van der Waals surface area contributed by atoms with Crippen molar-refractivity contribution >= 4 is 56.0 Å². The van der Waals surface area contributed by atoms with E-state index in [0.717, 1.165) is 4.48 Å². The van der Waals surface area contributed by atoms with Crippen molar-refractivity contribution in [2.45, 2.75) is 13.0 Å². The molecule has 0 radical (unpaired) electrons. The fourth-order valence-electron chi connectivity index (χ4n) is 2.79. The normalized spacial score (nSPS) is 21.2. The number of aliphatic hydroxyl groups is 1. The zero-order chi connectivity index (χ0) is 16.9. The van der Waals surface area contributed by atoms with Crippen molar-refractivity contribution in [3.8, 4) is 0 Å². The predicted molar refractivity (Wildman–Crippen MR) is 94.1 cm³/mol. The van der Waals surface area contributed by atoms with Crippen LogP contribution >= 0.6 is 27.5 Å². The Kier molecular flexibility index (Phi) is 3.95. The van der Waals surface area contributed by atoms with Gasteiger partial charge in [0.25, 0.3) is 5.91 Å². The molecule has 3 rings (SSSR count). The number of amides is 1. The smallest absolute Gasteiger partial charge is 0.253 e. The number of nitrogens with two attached hydrogens (primary N) is 2. The number of pyridine rings is 1. The molecule has 5 N–H and O–H groups in total. The molecule has 0 spiro atoms. The van der Waals surface area contributed by atoms with Crippen molar-refractivity contribution in [2.24, 2.45) is 11.7 Å². The Bertz CT molecular complexity index is 887. The summed E-state index contributed by atoms with van der Waals surface area (Å²) in [4.78, 5) is 16.1. The molecule has 23 heavy (non-hydrogen) atoms. The Labute approximate surface area is 145 Å². The van der Waals surface area contributed by atoms with Gasteiger partial charge in [-0.25, -0.2) is 4.98 Å². The van der Waals surface area contributed by atoms with Gasteiger partial charge in [0.05, 0.1) is 16.7 Å². The Morgan fingerprint density at radius 2 is 2.22 bits per heavy atom. The first-order valence-corrected chi connectivity index (χ1v) is 8.01. The maximum absolute atomic E-state index is 11.8. The first kappa shape index (κ1) is 16.0. The highest BCUT2D eigenvalue weighted by molar-refractivity contribution is 9.12. The lowest BCUT2D eigenvalue weighted by Gasteiger charge is -2.26. The maximum Gasteiger partial charge on any atom is 0.253 e. The van der Waals surface area contributed by atoms with E-state index in [4.69, 9.17) is 23.1 Å². The molecule has 0 aliphatic heterocycles. The van der Waals surface area contributed by atoms with Gasteiger partial charge in [-0.1, -0.05) is 24.6 Å². The molecule has 1 aliphatic rings. The van der Waals surface area contributed by atoms with Crippen LogP contribution in [0.15, 0.2) is 28.9 Å². The third-order valence-electron chi connectivity index (χ3n) is 3.93. The van der Waals surface area contributed by atoms with E-state index in [1.54, 1.807) is 22.8 Å². The molecule has 2 atom stereocenters. The fraction of sp³-hybridized carbons (Fsp3) is 0.200. The highest BCUT2D eigenvalue weighted by atomic mass is 79.9. The zero-order valence-corrected chi connectivity index (χ0v) is 14.5. The summed E-state index contributed by atoms with van der Waals surface area (Å²) < 4.78 is 2.37. The molecule has 8 heteroatoms. The minimum atomic E-state index is -0.674. The number of primary amides is 1. The van der Waals surface area contributed by atoms with Crippen molar-refractivity contribution in [3.63, 3.8) is 0 Å². The Balaban J connectivity index is 2.41. The van der Waals surface area contributed by atoms with Crippen LogP contribution in [0.4, 0.5) is 5.82 Å². The minimum Gasteiger partial charge on any atom is -0.388 e. The van der Waals surface area contributed by atoms with Gasteiger partial charge in [-0.2, -0.15) is 0 Å². The molecule has 0 unspecified atom stereocenters. The third kappa shape index (κ3) is 2.45. The van der Waals surface area contributed by atoms with Crippen molar-refractivity contribution in [2.75, 3.05) is 5.73 Å². The molecular weight excluding hydrogens is 384 g/mol. The van der Waals surface area contributed by atoms with E-state index < -0.39 is 12.0 Å². The van der Waals surface area contributed by atoms with E-state index in [-0.39, 0.29) is 17.3 Å². The molecule has 2 heterocycles. The van der Waals surface area contributed by atoms with E-state index in [1.807, 2.05) is 6.92 Å². The Morgan fingerprint density at radius 3 is 2.87 bits per heavy atom. The summed E-state index contributed by atoms with van der Waals surface area (Å²) in [5.41, 5.74) is 13.0. The lowest BCUT2D eigenvalue weighted by atomic mass is 9.95. The summed E-state index contributed by atoms with van der Waals surface area (Å²) in [6, 6.07) is 1.60. The van der Waals surface area contributed by atoms with Gasteiger partial charge in [0.2, 0.25) is 0 Å². The molecule has 120 valence electrons. The van der Waals surface area contributed by atoms with E-state index >= 15 is 0 Å². The van der Waals surface area contributed by atoms with Gasteiger partial charge in [0, 0.05) is 27.7 Å². The molecule has 2 aromatic rings. The highest BCUT2D eigenvalue weighted by Crippen LogP contribution is 2.39.